The van der Waals surface area contributed by atoms with Gasteiger partial charge in [0.15, 0.2) is 35.0 Å². The summed E-state index contributed by atoms with van der Waals surface area (Å²) in [5.41, 5.74) is 11.4. The average Bonchev–Trinajstić information content (AvgIpc) is 3.73. The zero-order chi connectivity index (χ0) is 31.3. The third-order valence-corrected chi connectivity index (χ3v) is 9.39. The van der Waals surface area contributed by atoms with Gasteiger partial charge in [0.25, 0.3) is 5.56 Å². The number of nitrogens with one attached hydrogen (secondary N) is 1. The molecule has 2 unspecified atom stereocenters. The lowest BCUT2D eigenvalue weighted by atomic mass is 10.1. The summed E-state index contributed by atoms with van der Waals surface area (Å²) in [6, 6.07) is 0. The quantitative estimate of drug-likeness (QED) is 0.0990. The van der Waals surface area contributed by atoms with Crippen molar-refractivity contribution in [2.45, 2.75) is 49.5 Å². The molecule has 44 heavy (non-hydrogen) atoms. The fourth-order valence-corrected chi connectivity index (χ4v) is 7.38. The zero-order valence-corrected chi connectivity index (χ0v) is 25.8. The number of aromatic nitrogens is 8. The molecule has 0 aromatic carbocycles. The summed E-state index contributed by atoms with van der Waals surface area (Å²) in [4.78, 5) is 34.8. The van der Waals surface area contributed by atoms with Crippen molar-refractivity contribution >= 4 is 72.6 Å². The van der Waals surface area contributed by atoms with Crippen LogP contribution in [0.2, 0.25) is 0 Å². The van der Waals surface area contributed by atoms with Gasteiger partial charge >= 0.3 is 6.80 Å². The zero-order valence-electron chi connectivity index (χ0n) is 22.1. The summed E-state index contributed by atoms with van der Waals surface area (Å²) in [7, 11) is -2.75. The van der Waals surface area contributed by atoms with Crippen LogP contribution in [0, 0.1) is 0 Å². The van der Waals surface area contributed by atoms with Crippen molar-refractivity contribution in [1.82, 2.24) is 39.0 Å². The minimum atomic E-state index is -4.41. The number of hydrogen-bond donors (Lipinski definition) is 6. The van der Waals surface area contributed by atoms with Gasteiger partial charge in [0.05, 0.1) is 32.0 Å². The number of alkyl halides is 1. The van der Waals surface area contributed by atoms with Crippen molar-refractivity contribution < 1.29 is 41.7 Å². The van der Waals surface area contributed by atoms with E-state index in [4.69, 9.17) is 34.5 Å². The lowest BCUT2D eigenvalue weighted by molar-refractivity contribution is -0.0508. The third kappa shape index (κ3) is 5.98. The van der Waals surface area contributed by atoms with Gasteiger partial charge in [-0.25, -0.2) is 28.9 Å². The summed E-state index contributed by atoms with van der Waals surface area (Å²) >= 11 is 7.87. The van der Waals surface area contributed by atoms with Gasteiger partial charge in [-0.1, -0.05) is 24.5 Å². The number of nitrogens with zero attached hydrogens (tertiary/aromatic N) is 7. The molecule has 2 fully saturated rings. The molecule has 24 heteroatoms. The van der Waals surface area contributed by atoms with Crippen LogP contribution in [0.1, 0.15) is 18.9 Å². The molecular weight excluding hydrogens is 669 g/mol. The second kappa shape index (κ2) is 12.3. The van der Waals surface area contributed by atoms with Gasteiger partial charge in [-0.3, -0.25) is 32.5 Å². The van der Waals surface area contributed by atoms with Crippen molar-refractivity contribution in [3.63, 3.8) is 0 Å². The molecule has 9 atom stereocenters. The minimum absolute atomic E-state index is 0.0722. The number of halogens is 1. The van der Waals surface area contributed by atoms with Crippen LogP contribution in [0.4, 0.5) is 16.2 Å². The molecule has 6 N–H and O–H groups in total. The molecule has 2 aliphatic rings. The number of anilines is 2. The highest BCUT2D eigenvalue weighted by Gasteiger charge is 2.50. The van der Waals surface area contributed by atoms with E-state index in [9.17, 15) is 19.0 Å². The number of aliphatic hydroxyl groups is 1. The van der Waals surface area contributed by atoms with Gasteiger partial charge < -0.3 is 30.6 Å². The van der Waals surface area contributed by atoms with E-state index in [0.717, 1.165) is 10.9 Å². The number of fused-ring (bicyclic) bond motifs is 2. The Morgan fingerprint density at radius 2 is 1.91 bits per heavy atom. The molecule has 0 bridgehead atoms. The van der Waals surface area contributed by atoms with Gasteiger partial charge in [-0.15, -0.1) is 0 Å². The number of H-pyrrole nitrogens is 1. The van der Waals surface area contributed by atoms with Crippen LogP contribution in [0.25, 0.3) is 22.3 Å². The first-order valence-corrected chi connectivity index (χ1v) is 18.0. The predicted molar refractivity (Wildman–Crippen MR) is 157 cm³/mol. The van der Waals surface area contributed by atoms with Crippen molar-refractivity contribution in [3.05, 3.63) is 29.3 Å². The van der Waals surface area contributed by atoms with Crippen LogP contribution in [0.15, 0.2) is 23.8 Å². The Hall–Kier alpha value is -2.65. The summed E-state index contributed by atoms with van der Waals surface area (Å²) < 4.78 is 71.5. The van der Waals surface area contributed by atoms with Gasteiger partial charge in [-0.05, 0) is 0 Å². The van der Waals surface area contributed by atoms with Crippen molar-refractivity contribution in [2.75, 3.05) is 24.7 Å². The normalized spacial score (nSPS) is 29.4. The summed E-state index contributed by atoms with van der Waals surface area (Å²) in [6.07, 6.45) is -5.09. The van der Waals surface area contributed by atoms with Gasteiger partial charge in [-0.2, -0.15) is 4.98 Å². The highest BCUT2D eigenvalue weighted by Crippen LogP contribution is 2.57. The molecule has 2 saturated heterocycles. The number of ether oxygens (including phenoxy) is 2. The van der Waals surface area contributed by atoms with E-state index in [2.05, 4.69) is 54.4 Å². The minimum Gasteiger partial charge on any atom is -0.394 e. The third-order valence-electron chi connectivity index (χ3n) is 6.96. The van der Waals surface area contributed by atoms with Gasteiger partial charge in [0.1, 0.15) is 36.4 Å². The van der Waals surface area contributed by atoms with Crippen molar-refractivity contribution in [1.29, 1.82) is 0 Å². The van der Waals surface area contributed by atoms with E-state index >= 15 is 4.39 Å². The van der Waals surface area contributed by atoms with Crippen molar-refractivity contribution in [2.24, 2.45) is 0 Å². The summed E-state index contributed by atoms with van der Waals surface area (Å²) in [6.45, 7) is -5.62. The number of thiol groups is 2. The maximum Gasteiger partial charge on any atom is 0.386 e. The number of rotatable bonds is 10. The molecule has 4 aromatic rings. The SMILES string of the molecule is Nc1nc2c(ncn2[C@@H]2O[C@H](CO)[C@@H](F)[C@H]2OP(=O)(S)OC[C@H]2O[C@@H](n3cnc4c(N)ncnc43)C[C@@H]2O[PH](=O)S)c(=O)[nH]1. The Labute approximate surface area is 256 Å². The average molecular weight is 695 g/mol. The number of imidazole rings is 2. The number of nitrogen functional groups attached to an aromatic ring is 2. The molecular formula is C20H25FN10O9P2S2. The fourth-order valence-electron chi connectivity index (χ4n) is 5.01. The van der Waals surface area contributed by atoms with E-state index < -0.39 is 75.8 Å². The molecule has 0 radical (unpaired) electrons. The molecule has 4 aromatic heterocycles. The van der Waals surface area contributed by atoms with E-state index in [-0.39, 0.29) is 29.4 Å². The molecule has 0 saturated carbocycles. The standard InChI is InChI=1S/C20H25FN10O9P2S2/c21-11-8(2-32)38-19(31-6-27-13-17(31)28-20(23)29-18(13)33)14(11)40-42(35,44)36-3-9-7(39-41(34)43)1-10(37-9)30-5-26-12-15(22)24-4-25-16(12)30/h4-11,14,19,32,41H,1-3H2,(H,34,43)(H,35,44)(H2,22,24,25)(H3,23,28,29,33)/t7-,8+,9+,10+,11+,14+,19+,42?/m0/s1. The largest absolute Gasteiger partial charge is 0.394 e. The smallest absolute Gasteiger partial charge is 0.386 e. The molecule has 19 nitrogen and oxygen atoms in total. The second-order valence-corrected chi connectivity index (χ2v) is 14.4. The first-order valence-electron chi connectivity index (χ1n) is 12.7. The molecule has 6 rings (SSSR count). The summed E-state index contributed by atoms with van der Waals surface area (Å²) in [5.74, 6) is -0.0833. The molecule has 238 valence electrons. The summed E-state index contributed by atoms with van der Waals surface area (Å²) in [5, 5.41) is 9.67. The Bertz CT molecular complexity index is 1830. The van der Waals surface area contributed by atoms with E-state index in [1.54, 1.807) is 4.57 Å². The highest BCUT2D eigenvalue weighted by molar-refractivity contribution is 8.44. The van der Waals surface area contributed by atoms with Gasteiger partial charge in [0, 0.05) is 6.42 Å². The molecule has 0 aliphatic carbocycles. The van der Waals surface area contributed by atoms with Crippen LogP contribution < -0.4 is 17.0 Å². The lowest BCUT2D eigenvalue weighted by Gasteiger charge is -2.25. The Morgan fingerprint density at radius 3 is 2.66 bits per heavy atom. The highest BCUT2D eigenvalue weighted by atomic mass is 32.7. The van der Waals surface area contributed by atoms with Crippen LogP contribution >= 0.6 is 38.5 Å². The molecule has 6 heterocycles. The lowest BCUT2D eigenvalue weighted by Crippen LogP contribution is -2.32. The second-order valence-electron chi connectivity index (χ2n) is 9.67. The molecule has 2 aliphatic heterocycles. The fraction of sp³-hybridized carbons (Fsp3) is 0.500. The first-order chi connectivity index (χ1) is 21.0. The Morgan fingerprint density at radius 1 is 1.16 bits per heavy atom. The van der Waals surface area contributed by atoms with Crippen LogP contribution in [-0.4, -0.2) is 87.9 Å². The number of hydrogen-bond acceptors (Lipinski definition) is 16. The first kappa shape index (κ1) is 31.3. The Kier molecular flexibility index (Phi) is 8.74. The molecule has 0 spiro atoms. The predicted octanol–water partition coefficient (Wildman–Crippen LogP) is 0.784. The van der Waals surface area contributed by atoms with E-state index in [1.165, 1.54) is 12.7 Å². The topological polar surface area (TPSA) is 260 Å². The number of aromatic amines is 1. The van der Waals surface area contributed by atoms with Crippen LogP contribution in [-0.2, 0) is 32.2 Å². The number of nitrogens with two attached hydrogens (primary N) is 2. The maximum absolute atomic E-state index is 15.4. The van der Waals surface area contributed by atoms with Gasteiger partial charge in [0.2, 0.25) is 13.2 Å². The Balaban J connectivity index is 1.20. The van der Waals surface area contributed by atoms with E-state index in [1.807, 2.05) is 0 Å². The van der Waals surface area contributed by atoms with Crippen LogP contribution in [0.3, 0.4) is 0 Å². The molecule has 0 amide bonds. The van der Waals surface area contributed by atoms with E-state index in [0.29, 0.717) is 11.2 Å². The van der Waals surface area contributed by atoms with Crippen LogP contribution in [0.5, 0.6) is 0 Å². The van der Waals surface area contributed by atoms with Crippen molar-refractivity contribution in [3.8, 4) is 0 Å². The number of aliphatic hydroxyl groups excluding tert-OH is 1. The maximum atomic E-state index is 15.4. The monoisotopic (exact) mass is 694 g/mol.